The minimum Gasteiger partial charge on any atom is -0.457 e. The average molecular weight is 487 g/mol. The van der Waals surface area contributed by atoms with Gasteiger partial charge in [0, 0.05) is 31.9 Å². The van der Waals surface area contributed by atoms with Crippen LogP contribution in [0.4, 0.5) is 9.18 Å². The number of alkyl carbamates (subject to hydrolysis) is 1. The van der Waals surface area contributed by atoms with Gasteiger partial charge in [0.25, 0.3) is 0 Å². The highest BCUT2D eigenvalue weighted by molar-refractivity contribution is 5.82. The summed E-state index contributed by atoms with van der Waals surface area (Å²) in [6, 6.07) is 6.38. The number of carbonyl (C=O) groups excluding carboxylic acids is 1. The lowest BCUT2D eigenvalue weighted by Crippen LogP contribution is -2.50. The SMILES string of the molecule is CC(C)(C)OC(=O)NC1CCC(CCc2ccnc3ccc(F)cc23)OC1CC1=COC(C)(C)O1. The van der Waals surface area contributed by atoms with Gasteiger partial charge in [-0.15, -0.1) is 0 Å². The van der Waals surface area contributed by atoms with E-state index in [1.165, 1.54) is 12.1 Å². The summed E-state index contributed by atoms with van der Waals surface area (Å²) in [5.41, 5.74) is 1.24. The molecule has 0 bridgehead atoms. The highest BCUT2D eigenvalue weighted by atomic mass is 19.1. The van der Waals surface area contributed by atoms with Crippen molar-refractivity contribution >= 4 is 17.0 Å². The smallest absolute Gasteiger partial charge is 0.407 e. The molecule has 1 saturated heterocycles. The summed E-state index contributed by atoms with van der Waals surface area (Å²) < 4.78 is 37.2. The molecule has 7 nitrogen and oxygen atoms in total. The molecule has 0 radical (unpaired) electrons. The Morgan fingerprint density at radius 2 is 2.06 bits per heavy atom. The first kappa shape index (κ1) is 25.2. The molecule has 1 N–H and O–H groups in total. The minimum absolute atomic E-state index is 0.00982. The number of fused-ring (bicyclic) bond motifs is 1. The first-order valence-electron chi connectivity index (χ1n) is 12.2. The van der Waals surface area contributed by atoms with Crippen molar-refractivity contribution in [3.63, 3.8) is 0 Å². The lowest BCUT2D eigenvalue weighted by Gasteiger charge is -2.37. The Kier molecular flexibility index (Phi) is 7.22. The largest absolute Gasteiger partial charge is 0.457 e. The van der Waals surface area contributed by atoms with Crippen LogP contribution < -0.4 is 5.32 Å². The zero-order chi connectivity index (χ0) is 25.2. The van der Waals surface area contributed by atoms with Crippen LogP contribution in [-0.2, 0) is 25.4 Å². The summed E-state index contributed by atoms with van der Waals surface area (Å²) in [5.74, 6) is -0.297. The van der Waals surface area contributed by atoms with Gasteiger partial charge in [0.15, 0.2) is 0 Å². The number of aryl methyl sites for hydroxylation is 1. The van der Waals surface area contributed by atoms with E-state index in [1.54, 1.807) is 18.5 Å². The van der Waals surface area contributed by atoms with Gasteiger partial charge in [-0.25, -0.2) is 9.18 Å². The number of pyridine rings is 1. The molecule has 1 fully saturated rings. The normalized spacial score (nSPS) is 23.8. The molecule has 35 heavy (non-hydrogen) atoms. The van der Waals surface area contributed by atoms with Crippen molar-refractivity contribution in [2.75, 3.05) is 0 Å². The molecule has 2 aliphatic rings. The van der Waals surface area contributed by atoms with E-state index in [2.05, 4.69) is 10.3 Å². The Balaban J connectivity index is 1.43. The fourth-order valence-corrected chi connectivity index (χ4v) is 4.56. The van der Waals surface area contributed by atoms with E-state index in [1.807, 2.05) is 40.7 Å². The monoisotopic (exact) mass is 486 g/mol. The van der Waals surface area contributed by atoms with Gasteiger partial charge < -0.3 is 24.3 Å². The van der Waals surface area contributed by atoms with E-state index in [0.717, 1.165) is 42.1 Å². The minimum atomic E-state index is -0.713. The van der Waals surface area contributed by atoms with Crippen molar-refractivity contribution in [1.29, 1.82) is 0 Å². The predicted octanol–water partition coefficient (Wildman–Crippen LogP) is 5.76. The first-order chi connectivity index (χ1) is 16.5. The Labute approximate surface area is 206 Å². The average Bonchev–Trinajstić information content (AvgIpc) is 3.10. The molecular formula is C27H35FN2O5. The Morgan fingerprint density at radius 3 is 2.77 bits per heavy atom. The van der Waals surface area contributed by atoms with Crippen LogP contribution in [-0.4, -0.2) is 40.7 Å². The topological polar surface area (TPSA) is 78.9 Å². The molecule has 3 unspecified atom stereocenters. The highest BCUT2D eigenvalue weighted by Crippen LogP contribution is 2.32. The van der Waals surface area contributed by atoms with Crippen LogP contribution >= 0.6 is 0 Å². The van der Waals surface area contributed by atoms with E-state index in [9.17, 15) is 9.18 Å². The van der Waals surface area contributed by atoms with E-state index in [4.69, 9.17) is 18.9 Å². The number of benzene rings is 1. The number of ether oxygens (including phenoxy) is 4. The van der Waals surface area contributed by atoms with Crippen LogP contribution in [0.25, 0.3) is 10.9 Å². The van der Waals surface area contributed by atoms with Crippen LogP contribution in [0.1, 0.15) is 65.9 Å². The summed E-state index contributed by atoms with van der Waals surface area (Å²) in [6.07, 6.45) is 6.13. The molecule has 8 heteroatoms. The summed E-state index contributed by atoms with van der Waals surface area (Å²) >= 11 is 0. The van der Waals surface area contributed by atoms with Gasteiger partial charge in [-0.1, -0.05) is 0 Å². The maximum Gasteiger partial charge on any atom is 0.407 e. The number of hydrogen-bond acceptors (Lipinski definition) is 6. The Bertz CT molecular complexity index is 1090. The fraction of sp³-hybridized carbons (Fsp3) is 0.556. The molecule has 0 aliphatic carbocycles. The number of hydrogen-bond donors (Lipinski definition) is 1. The molecular weight excluding hydrogens is 451 g/mol. The summed E-state index contributed by atoms with van der Waals surface area (Å²) in [7, 11) is 0. The van der Waals surface area contributed by atoms with E-state index in [-0.39, 0.29) is 24.1 Å². The molecule has 1 amide bonds. The third kappa shape index (κ3) is 6.84. The van der Waals surface area contributed by atoms with Crippen LogP contribution in [0.2, 0.25) is 0 Å². The van der Waals surface area contributed by atoms with Gasteiger partial charge in [-0.2, -0.15) is 0 Å². The van der Waals surface area contributed by atoms with E-state index >= 15 is 0 Å². The number of nitrogens with one attached hydrogen (secondary N) is 1. The second-order valence-corrected chi connectivity index (χ2v) is 10.7. The predicted molar refractivity (Wildman–Crippen MR) is 130 cm³/mol. The third-order valence-corrected chi connectivity index (χ3v) is 6.10. The van der Waals surface area contributed by atoms with E-state index in [0.29, 0.717) is 12.2 Å². The molecule has 1 aromatic heterocycles. The molecule has 190 valence electrons. The molecule has 3 atom stereocenters. The number of aromatic nitrogens is 1. The van der Waals surface area contributed by atoms with Crippen LogP contribution in [0, 0.1) is 5.82 Å². The quantitative estimate of drug-likeness (QED) is 0.559. The van der Waals surface area contributed by atoms with Crippen molar-refractivity contribution in [3.05, 3.63) is 53.9 Å². The standard InChI is InChI=1S/C27H35FN2O5/c1-26(2,3)35-25(31)30-23-11-9-19(33-24(23)15-20-16-32-27(4,5)34-20)8-6-17-12-13-29-22-10-7-18(28)14-21(17)22/h7,10,12-14,16,19,23-24H,6,8-9,11,15H2,1-5H3,(H,30,31). The molecule has 4 rings (SSSR count). The lowest BCUT2D eigenvalue weighted by molar-refractivity contribution is -0.125. The van der Waals surface area contributed by atoms with Crippen LogP contribution in [0.3, 0.4) is 0 Å². The number of nitrogens with zero attached hydrogens (tertiary/aromatic N) is 1. The fourth-order valence-electron chi connectivity index (χ4n) is 4.56. The zero-order valence-corrected chi connectivity index (χ0v) is 21.1. The highest BCUT2D eigenvalue weighted by Gasteiger charge is 2.37. The third-order valence-electron chi connectivity index (χ3n) is 6.10. The Morgan fingerprint density at radius 1 is 1.26 bits per heavy atom. The van der Waals surface area contributed by atoms with Crippen LogP contribution in [0.5, 0.6) is 0 Å². The van der Waals surface area contributed by atoms with Gasteiger partial charge in [-0.3, -0.25) is 4.98 Å². The van der Waals surface area contributed by atoms with Crippen molar-refractivity contribution in [2.24, 2.45) is 0 Å². The molecule has 2 aliphatic heterocycles. The van der Waals surface area contributed by atoms with Crippen molar-refractivity contribution in [1.82, 2.24) is 10.3 Å². The van der Waals surface area contributed by atoms with Crippen LogP contribution in [0.15, 0.2) is 42.5 Å². The van der Waals surface area contributed by atoms with Crippen molar-refractivity contribution in [3.8, 4) is 0 Å². The van der Waals surface area contributed by atoms with Gasteiger partial charge in [0.05, 0.1) is 23.8 Å². The molecule has 0 spiro atoms. The first-order valence-corrected chi connectivity index (χ1v) is 12.2. The van der Waals surface area contributed by atoms with Crippen molar-refractivity contribution in [2.45, 2.75) is 96.4 Å². The van der Waals surface area contributed by atoms with Crippen molar-refractivity contribution < 1.29 is 28.1 Å². The molecule has 0 saturated carbocycles. The Hall–Kier alpha value is -2.87. The van der Waals surface area contributed by atoms with Gasteiger partial charge in [-0.05, 0) is 76.3 Å². The lowest BCUT2D eigenvalue weighted by atomic mass is 9.92. The second kappa shape index (κ2) is 10.0. The summed E-state index contributed by atoms with van der Waals surface area (Å²) in [5, 5.41) is 3.81. The number of carbonyl (C=O) groups is 1. The maximum atomic E-state index is 13.8. The second-order valence-electron chi connectivity index (χ2n) is 10.7. The van der Waals surface area contributed by atoms with Gasteiger partial charge >= 0.3 is 6.09 Å². The van der Waals surface area contributed by atoms with E-state index < -0.39 is 17.5 Å². The maximum absolute atomic E-state index is 13.8. The molecule has 1 aromatic carbocycles. The number of rotatable bonds is 6. The van der Waals surface area contributed by atoms with Gasteiger partial charge in [0.1, 0.15) is 23.4 Å². The number of amides is 1. The van der Waals surface area contributed by atoms with Gasteiger partial charge in [0.2, 0.25) is 5.79 Å². The number of halogens is 1. The summed E-state index contributed by atoms with van der Waals surface area (Å²) in [4.78, 5) is 16.8. The zero-order valence-electron chi connectivity index (χ0n) is 21.1. The summed E-state index contributed by atoms with van der Waals surface area (Å²) in [6.45, 7) is 9.20. The molecule has 3 heterocycles. The molecule has 2 aromatic rings.